The van der Waals surface area contributed by atoms with Gasteiger partial charge < -0.3 is 14.2 Å². The van der Waals surface area contributed by atoms with E-state index in [2.05, 4.69) is 5.16 Å². The molecule has 0 radical (unpaired) electrons. The minimum Gasteiger partial charge on any atom is -0.475 e. The summed E-state index contributed by atoms with van der Waals surface area (Å²) in [6.45, 7) is 0. The first-order chi connectivity index (χ1) is 9.06. The summed E-state index contributed by atoms with van der Waals surface area (Å²) in [5, 5.41) is 14.1. The average Bonchev–Trinajstić information content (AvgIpc) is 2.96. The molecule has 6 heteroatoms. The first-order valence-corrected chi connectivity index (χ1v) is 5.89. The number of carboxylic acids is 1. The summed E-state index contributed by atoms with van der Waals surface area (Å²) < 4.78 is 6.66. The molecule has 0 atom stereocenters. The van der Waals surface area contributed by atoms with Crippen molar-refractivity contribution < 1.29 is 14.4 Å². The Bertz CT molecular complexity index is 788. The Morgan fingerprint density at radius 1 is 1.42 bits per heavy atom. The number of rotatable bonds is 2. The molecule has 0 fully saturated rings. The highest BCUT2D eigenvalue weighted by Crippen LogP contribution is 2.29. The molecule has 96 valence electrons. The van der Waals surface area contributed by atoms with E-state index in [9.17, 15) is 4.79 Å². The van der Waals surface area contributed by atoms with Gasteiger partial charge in [-0.25, -0.2) is 4.79 Å². The number of aromatic carboxylic acids is 1. The van der Waals surface area contributed by atoms with Gasteiger partial charge in [0, 0.05) is 35.8 Å². The van der Waals surface area contributed by atoms with E-state index in [1.54, 1.807) is 0 Å². The van der Waals surface area contributed by atoms with Crippen LogP contribution in [0.4, 0.5) is 0 Å². The molecule has 0 amide bonds. The number of benzene rings is 1. The second-order valence-corrected chi connectivity index (χ2v) is 4.61. The number of hydrogen-bond acceptors (Lipinski definition) is 3. The first kappa shape index (κ1) is 11.8. The fraction of sp³-hybridized carbons (Fsp3) is 0.0769. The van der Waals surface area contributed by atoms with Crippen molar-refractivity contribution in [2.45, 2.75) is 0 Å². The Labute approximate surface area is 113 Å². The molecule has 0 aliphatic heterocycles. The summed E-state index contributed by atoms with van der Waals surface area (Å²) in [5.41, 5.74) is 2.23. The van der Waals surface area contributed by atoms with Crippen LogP contribution < -0.4 is 0 Å². The Morgan fingerprint density at radius 2 is 2.21 bits per heavy atom. The molecule has 5 nitrogen and oxygen atoms in total. The van der Waals surface area contributed by atoms with Crippen LogP contribution in [0.1, 0.15) is 10.6 Å². The zero-order valence-corrected chi connectivity index (χ0v) is 10.7. The summed E-state index contributed by atoms with van der Waals surface area (Å²) in [4.78, 5) is 10.8. The van der Waals surface area contributed by atoms with E-state index in [4.69, 9.17) is 21.2 Å². The molecule has 0 saturated heterocycles. The predicted molar refractivity (Wildman–Crippen MR) is 70.4 cm³/mol. The van der Waals surface area contributed by atoms with Gasteiger partial charge in [-0.15, -0.1) is 0 Å². The maximum Gasteiger partial charge on any atom is 0.374 e. The van der Waals surface area contributed by atoms with Crippen molar-refractivity contribution in [2.24, 2.45) is 7.05 Å². The zero-order chi connectivity index (χ0) is 13.6. The topological polar surface area (TPSA) is 68.3 Å². The molecule has 2 heterocycles. The fourth-order valence-corrected chi connectivity index (χ4v) is 2.31. The van der Waals surface area contributed by atoms with Crippen molar-refractivity contribution in [3.05, 3.63) is 41.2 Å². The summed E-state index contributed by atoms with van der Waals surface area (Å²) >= 11 is 6.13. The Morgan fingerprint density at radius 3 is 2.89 bits per heavy atom. The molecule has 0 spiro atoms. The molecule has 3 aromatic rings. The van der Waals surface area contributed by atoms with E-state index in [0.717, 1.165) is 16.5 Å². The number of hydrogen-bond donors (Lipinski definition) is 1. The van der Waals surface area contributed by atoms with Gasteiger partial charge in [0.25, 0.3) is 0 Å². The molecular formula is C13H9ClN2O3. The Balaban J connectivity index is 2.14. The van der Waals surface area contributed by atoms with Gasteiger partial charge >= 0.3 is 5.97 Å². The summed E-state index contributed by atoms with van der Waals surface area (Å²) in [6.07, 6.45) is 1.82. The molecule has 1 N–H and O–H groups in total. The number of carboxylic acid groups (broad SMARTS) is 1. The lowest BCUT2D eigenvalue weighted by atomic mass is 10.1. The largest absolute Gasteiger partial charge is 0.475 e. The van der Waals surface area contributed by atoms with Crippen LogP contribution in [-0.4, -0.2) is 20.8 Å². The standard InChI is InChI=1S/C13H9ClN2O3/c1-16-6-9(14)8-4-7(2-3-11(8)16)10-5-12(13(17)18)19-15-10/h2-6H,1H3,(H,17,18). The average molecular weight is 277 g/mol. The third-order valence-electron chi connectivity index (χ3n) is 2.96. The SMILES string of the molecule is Cn1cc(Cl)c2cc(-c3cc(C(=O)O)on3)ccc21. The maximum atomic E-state index is 10.8. The lowest BCUT2D eigenvalue weighted by molar-refractivity contribution is 0.0652. The third kappa shape index (κ3) is 1.88. The normalized spacial score (nSPS) is 11.1. The summed E-state index contributed by atoms with van der Waals surface area (Å²) in [6, 6.07) is 7.01. The fourth-order valence-electron chi connectivity index (χ4n) is 2.02. The van der Waals surface area contributed by atoms with E-state index < -0.39 is 5.97 Å². The number of aryl methyl sites for hydroxylation is 1. The third-order valence-corrected chi connectivity index (χ3v) is 3.26. The molecule has 0 saturated carbocycles. The second kappa shape index (κ2) is 4.13. The predicted octanol–water partition coefficient (Wildman–Crippen LogP) is 3.18. The summed E-state index contributed by atoms with van der Waals surface area (Å²) in [7, 11) is 1.91. The van der Waals surface area contributed by atoms with Gasteiger partial charge in [0.15, 0.2) is 0 Å². The lowest BCUT2D eigenvalue weighted by Gasteiger charge is -1.98. The maximum absolute atomic E-state index is 10.8. The van der Waals surface area contributed by atoms with Crippen LogP contribution in [0.3, 0.4) is 0 Å². The van der Waals surface area contributed by atoms with Gasteiger partial charge in [-0.1, -0.05) is 22.8 Å². The number of fused-ring (bicyclic) bond motifs is 1. The number of nitrogens with zero attached hydrogens (tertiary/aromatic N) is 2. The van der Waals surface area contributed by atoms with Crippen LogP contribution in [-0.2, 0) is 7.05 Å². The summed E-state index contributed by atoms with van der Waals surface area (Å²) in [5.74, 6) is -1.33. The van der Waals surface area contributed by atoms with E-state index in [-0.39, 0.29) is 5.76 Å². The smallest absolute Gasteiger partial charge is 0.374 e. The highest BCUT2D eigenvalue weighted by Gasteiger charge is 2.13. The molecule has 1 aromatic carbocycles. The van der Waals surface area contributed by atoms with Crippen molar-refractivity contribution in [3.8, 4) is 11.3 Å². The van der Waals surface area contributed by atoms with Crippen LogP contribution in [0.5, 0.6) is 0 Å². The molecular weight excluding hydrogens is 268 g/mol. The van der Waals surface area contributed by atoms with Crippen LogP contribution >= 0.6 is 11.6 Å². The van der Waals surface area contributed by atoms with Crippen molar-refractivity contribution in [2.75, 3.05) is 0 Å². The highest BCUT2D eigenvalue weighted by molar-refractivity contribution is 6.35. The number of aromatic nitrogens is 2. The minimum atomic E-state index is -1.14. The van der Waals surface area contributed by atoms with Gasteiger partial charge in [0.1, 0.15) is 5.69 Å². The number of carbonyl (C=O) groups is 1. The van der Waals surface area contributed by atoms with Crippen molar-refractivity contribution in [1.29, 1.82) is 0 Å². The van der Waals surface area contributed by atoms with Crippen LogP contribution in [0.2, 0.25) is 5.02 Å². The van der Waals surface area contributed by atoms with E-state index in [1.165, 1.54) is 6.07 Å². The van der Waals surface area contributed by atoms with Gasteiger partial charge in [0.2, 0.25) is 5.76 Å². The van der Waals surface area contributed by atoms with Gasteiger partial charge in [-0.3, -0.25) is 0 Å². The quantitative estimate of drug-likeness (QED) is 0.780. The Hall–Kier alpha value is -2.27. The second-order valence-electron chi connectivity index (χ2n) is 4.20. The molecule has 2 aromatic heterocycles. The van der Waals surface area contributed by atoms with Crippen LogP contribution in [0.25, 0.3) is 22.2 Å². The van der Waals surface area contributed by atoms with E-state index >= 15 is 0 Å². The number of halogens is 1. The monoisotopic (exact) mass is 276 g/mol. The van der Waals surface area contributed by atoms with Crippen molar-refractivity contribution in [3.63, 3.8) is 0 Å². The van der Waals surface area contributed by atoms with Gasteiger partial charge in [-0.2, -0.15) is 0 Å². The molecule has 3 rings (SSSR count). The van der Waals surface area contributed by atoms with Gasteiger partial charge in [0.05, 0.1) is 5.02 Å². The first-order valence-electron chi connectivity index (χ1n) is 5.51. The minimum absolute atomic E-state index is 0.186. The Kier molecular flexibility index (Phi) is 2.57. The van der Waals surface area contributed by atoms with Crippen molar-refractivity contribution in [1.82, 2.24) is 9.72 Å². The molecule has 0 bridgehead atoms. The molecule has 0 aliphatic carbocycles. The highest BCUT2D eigenvalue weighted by atomic mass is 35.5. The van der Waals surface area contributed by atoms with Crippen molar-refractivity contribution >= 4 is 28.5 Å². The van der Waals surface area contributed by atoms with Gasteiger partial charge in [-0.05, 0) is 12.1 Å². The van der Waals surface area contributed by atoms with E-state index in [1.807, 2.05) is 36.0 Å². The van der Waals surface area contributed by atoms with E-state index in [0.29, 0.717) is 10.7 Å². The molecule has 0 unspecified atom stereocenters. The molecule has 0 aliphatic rings. The lowest BCUT2D eigenvalue weighted by Crippen LogP contribution is -1.91. The van der Waals surface area contributed by atoms with Crippen LogP contribution in [0.15, 0.2) is 35.0 Å². The molecule has 19 heavy (non-hydrogen) atoms. The van der Waals surface area contributed by atoms with Crippen LogP contribution in [0, 0.1) is 0 Å². The zero-order valence-electron chi connectivity index (χ0n) is 9.92.